The van der Waals surface area contributed by atoms with Gasteiger partial charge in [-0.15, -0.1) is 0 Å². The van der Waals surface area contributed by atoms with Gasteiger partial charge in [0.2, 0.25) is 0 Å². The van der Waals surface area contributed by atoms with Gasteiger partial charge in [0.05, 0.1) is 12.8 Å². The lowest BCUT2D eigenvalue weighted by atomic mass is 10.0. The van der Waals surface area contributed by atoms with Crippen LogP contribution in [0.4, 0.5) is 0 Å². The maximum Gasteiger partial charge on any atom is 0.101 e. The molecule has 20 heavy (non-hydrogen) atoms. The molecule has 0 saturated heterocycles. The van der Waals surface area contributed by atoms with Gasteiger partial charge in [-0.05, 0) is 24.1 Å². The molecule has 0 spiro atoms. The van der Waals surface area contributed by atoms with Crippen LogP contribution in [-0.2, 0) is 18.4 Å². The number of nitrogens with two attached hydrogens (primary N) is 1. The molecular weight excluding hydrogens is 318 g/mol. The van der Waals surface area contributed by atoms with Crippen molar-refractivity contribution in [2.75, 3.05) is 0 Å². The monoisotopic (exact) mass is 337 g/mol. The first kappa shape index (κ1) is 15.2. The maximum atomic E-state index is 6.18. The van der Waals surface area contributed by atoms with Crippen molar-refractivity contribution in [1.29, 1.82) is 0 Å². The van der Waals surface area contributed by atoms with Crippen molar-refractivity contribution < 1.29 is 4.74 Å². The Bertz CT molecular complexity index is 556. The van der Waals surface area contributed by atoms with Crippen LogP contribution in [-0.4, -0.2) is 15.8 Å². The zero-order valence-corrected chi connectivity index (χ0v) is 13.4. The molecule has 2 atom stereocenters. The second-order valence-electron chi connectivity index (χ2n) is 4.88. The third-order valence-electron chi connectivity index (χ3n) is 3.23. The van der Waals surface area contributed by atoms with E-state index >= 15 is 0 Å². The van der Waals surface area contributed by atoms with Gasteiger partial charge in [0.15, 0.2) is 0 Å². The number of rotatable bonds is 6. The van der Waals surface area contributed by atoms with Gasteiger partial charge in [-0.2, -0.15) is 5.10 Å². The number of nitrogens with zero attached hydrogens (tertiary/aromatic N) is 2. The second kappa shape index (κ2) is 7.02. The van der Waals surface area contributed by atoms with Gasteiger partial charge in [-0.25, -0.2) is 0 Å². The summed E-state index contributed by atoms with van der Waals surface area (Å²) in [5.74, 6) is 0. The lowest BCUT2D eigenvalue weighted by Gasteiger charge is -2.22. The summed E-state index contributed by atoms with van der Waals surface area (Å²) in [7, 11) is 1.90. The third-order valence-corrected chi connectivity index (χ3v) is 3.73. The fourth-order valence-electron chi connectivity index (χ4n) is 2.08. The zero-order chi connectivity index (χ0) is 14.5. The Morgan fingerprint density at radius 3 is 2.85 bits per heavy atom. The average molecular weight is 338 g/mol. The van der Waals surface area contributed by atoms with Crippen molar-refractivity contribution in [2.45, 2.75) is 32.1 Å². The van der Waals surface area contributed by atoms with Crippen LogP contribution in [0.2, 0.25) is 0 Å². The van der Waals surface area contributed by atoms with E-state index in [0.29, 0.717) is 6.61 Å². The molecule has 0 amide bonds. The van der Waals surface area contributed by atoms with Crippen LogP contribution in [0.1, 0.15) is 30.6 Å². The SMILES string of the molecule is CCC(N)C(OCc1cccc(Br)c1)c1cnn(C)c1. The Morgan fingerprint density at radius 1 is 1.45 bits per heavy atom. The Balaban J connectivity index is 2.08. The Labute approximate surface area is 128 Å². The summed E-state index contributed by atoms with van der Waals surface area (Å²) in [6, 6.07) is 8.06. The largest absolute Gasteiger partial charge is 0.367 e. The molecule has 0 radical (unpaired) electrons. The van der Waals surface area contributed by atoms with Crippen LogP contribution in [0.3, 0.4) is 0 Å². The van der Waals surface area contributed by atoms with E-state index in [0.717, 1.165) is 22.0 Å². The number of halogens is 1. The first-order valence-electron chi connectivity index (χ1n) is 6.70. The fraction of sp³-hybridized carbons (Fsp3) is 0.400. The summed E-state index contributed by atoms with van der Waals surface area (Å²) in [5, 5.41) is 4.20. The van der Waals surface area contributed by atoms with Gasteiger partial charge >= 0.3 is 0 Å². The van der Waals surface area contributed by atoms with Gasteiger partial charge in [0.1, 0.15) is 6.10 Å². The van der Waals surface area contributed by atoms with Crippen molar-refractivity contribution >= 4 is 15.9 Å². The molecular formula is C15H20BrN3O. The van der Waals surface area contributed by atoms with E-state index in [1.165, 1.54) is 0 Å². The number of hydrogen-bond acceptors (Lipinski definition) is 3. The molecule has 0 aliphatic heterocycles. The van der Waals surface area contributed by atoms with E-state index in [4.69, 9.17) is 10.5 Å². The zero-order valence-electron chi connectivity index (χ0n) is 11.8. The van der Waals surface area contributed by atoms with Gasteiger partial charge < -0.3 is 10.5 Å². The van der Waals surface area contributed by atoms with Crippen LogP contribution in [0.25, 0.3) is 0 Å². The predicted molar refractivity (Wildman–Crippen MR) is 83.1 cm³/mol. The van der Waals surface area contributed by atoms with Crippen molar-refractivity contribution in [3.8, 4) is 0 Å². The fourth-order valence-corrected chi connectivity index (χ4v) is 2.53. The quantitative estimate of drug-likeness (QED) is 0.880. The van der Waals surface area contributed by atoms with Crippen molar-refractivity contribution in [1.82, 2.24) is 9.78 Å². The Kier molecular flexibility index (Phi) is 5.34. The van der Waals surface area contributed by atoms with Crippen LogP contribution in [0.5, 0.6) is 0 Å². The molecule has 1 aromatic heterocycles. The lowest BCUT2D eigenvalue weighted by molar-refractivity contribution is 0.0212. The maximum absolute atomic E-state index is 6.18. The minimum absolute atomic E-state index is 0.0358. The molecule has 1 aromatic carbocycles. The first-order valence-corrected chi connectivity index (χ1v) is 7.49. The second-order valence-corrected chi connectivity index (χ2v) is 5.80. The molecule has 0 bridgehead atoms. The smallest absolute Gasteiger partial charge is 0.101 e. The molecule has 4 nitrogen and oxygen atoms in total. The molecule has 2 aromatic rings. The van der Waals surface area contributed by atoms with Gasteiger partial charge in [-0.1, -0.05) is 35.0 Å². The molecule has 2 unspecified atom stereocenters. The van der Waals surface area contributed by atoms with Crippen molar-refractivity contribution in [2.24, 2.45) is 12.8 Å². The molecule has 2 N–H and O–H groups in total. The number of aryl methyl sites for hydroxylation is 1. The third kappa shape index (κ3) is 3.91. The molecule has 108 valence electrons. The molecule has 1 heterocycles. The summed E-state index contributed by atoms with van der Waals surface area (Å²) in [5.41, 5.74) is 8.33. The van der Waals surface area contributed by atoms with E-state index in [1.807, 2.05) is 37.6 Å². The number of hydrogen-bond donors (Lipinski definition) is 1. The Morgan fingerprint density at radius 2 is 2.25 bits per heavy atom. The topological polar surface area (TPSA) is 53.1 Å². The summed E-state index contributed by atoms with van der Waals surface area (Å²) in [6.45, 7) is 2.60. The van der Waals surface area contributed by atoms with Gasteiger partial charge in [-0.3, -0.25) is 4.68 Å². The number of benzene rings is 1. The molecule has 0 fully saturated rings. The average Bonchev–Trinajstić information content (AvgIpc) is 2.85. The van der Waals surface area contributed by atoms with E-state index < -0.39 is 0 Å². The highest BCUT2D eigenvalue weighted by molar-refractivity contribution is 9.10. The summed E-state index contributed by atoms with van der Waals surface area (Å²) in [4.78, 5) is 0. The van der Waals surface area contributed by atoms with Crippen molar-refractivity contribution in [3.63, 3.8) is 0 Å². The molecule has 0 aliphatic rings. The summed E-state index contributed by atoms with van der Waals surface area (Å²) >= 11 is 3.47. The van der Waals surface area contributed by atoms with E-state index in [9.17, 15) is 0 Å². The lowest BCUT2D eigenvalue weighted by Crippen LogP contribution is -2.29. The molecule has 5 heteroatoms. The first-order chi connectivity index (χ1) is 9.60. The Hall–Kier alpha value is -1.17. The minimum Gasteiger partial charge on any atom is -0.367 e. The van der Waals surface area contributed by atoms with Crippen LogP contribution in [0.15, 0.2) is 41.1 Å². The highest BCUT2D eigenvalue weighted by Gasteiger charge is 2.20. The molecule has 0 aliphatic carbocycles. The highest BCUT2D eigenvalue weighted by atomic mass is 79.9. The molecule has 2 rings (SSSR count). The molecule has 0 saturated carbocycles. The van der Waals surface area contributed by atoms with Crippen LogP contribution < -0.4 is 5.73 Å². The number of ether oxygens (including phenoxy) is 1. The highest BCUT2D eigenvalue weighted by Crippen LogP contribution is 2.23. The van der Waals surface area contributed by atoms with Gasteiger partial charge in [0.25, 0.3) is 0 Å². The number of aromatic nitrogens is 2. The summed E-state index contributed by atoms with van der Waals surface area (Å²) in [6.07, 6.45) is 4.51. The standard InChI is InChI=1S/C15H20BrN3O/c1-3-14(17)15(12-8-18-19(2)9-12)20-10-11-5-4-6-13(16)7-11/h4-9,14-15H,3,10,17H2,1-2H3. The predicted octanol–water partition coefficient (Wildman–Crippen LogP) is 3.18. The van der Waals surface area contributed by atoms with E-state index in [2.05, 4.69) is 34.0 Å². The van der Waals surface area contributed by atoms with E-state index in [1.54, 1.807) is 4.68 Å². The van der Waals surface area contributed by atoms with Crippen LogP contribution in [0, 0.1) is 0 Å². The van der Waals surface area contributed by atoms with E-state index in [-0.39, 0.29) is 12.1 Å². The minimum atomic E-state index is -0.132. The van der Waals surface area contributed by atoms with Crippen LogP contribution >= 0.6 is 15.9 Å². The summed E-state index contributed by atoms with van der Waals surface area (Å²) < 4.78 is 8.86. The van der Waals surface area contributed by atoms with Gasteiger partial charge in [0, 0.05) is 29.3 Å². The van der Waals surface area contributed by atoms with Crippen molar-refractivity contribution in [3.05, 3.63) is 52.3 Å². The normalized spacial score (nSPS) is 14.2.